The number of hydrogen-bond acceptors (Lipinski definition) is 8. The Balaban J connectivity index is 1.81. The van der Waals surface area contributed by atoms with Gasteiger partial charge in [0, 0.05) is 27.9 Å². The zero-order valence-corrected chi connectivity index (χ0v) is 21.0. The molecular formula is C27H26N2O5S. The van der Waals surface area contributed by atoms with Crippen LogP contribution in [0.15, 0.2) is 76.5 Å². The molecule has 8 heteroatoms. The molecule has 7 nitrogen and oxygen atoms in total. The smallest absolute Gasteiger partial charge is 0.336 e. The van der Waals surface area contributed by atoms with Crippen molar-refractivity contribution in [3.8, 4) is 27.6 Å². The highest BCUT2D eigenvalue weighted by molar-refractivity contribution is 7.13. The van der Waals surface area contributed by atoms with Gasteiger partial charge in [-0.3, -0.25) is 0 Å². The van der Waals surface area contributed by atoms with Gasteiger partial charge in [0.1, 0.15) is 10.8 Å². The van der Waals surface area contributed by atoms with Gasteiger partial charge in [-0.2, -0.15) is 0 Å². The number of methoxy groups -OCH3 is 3. The lowest BCUT2D eigenvalue weighted by Gasteiger charge is -2.30. The van der Waals surface area contributed by atoms with Crippen molar-refractivity contribution in [3.05, 3.63) is 82.0 Å². The average molecular weight is 491 g/mol. The number of hydrogen-bond donors (Lipinski definition) is 1. The Labute approximate surface area is 208 Å². The maximum atomic E-state index is 12.8. The fraction of sp³-hybridized carbons (Fsp3) is 0.222. The van der Waals surface area contributed by atoms with E-state index < -0.39 is 17.9 Å². The SMILES string of the molecule is COC(=O)C1=C(C)NC(C)=C(C(=O)OC)C1c1cccc(-c2nc(-c3ccccc3OC)cs2)c1. The van der Waals surface area contributed by atoms with E-state index in [1.54, 1.807) is 21.0 Å². The molecule has 1 aliphatic rings. The Kier molecular flexibility index (Phi) is 7.02. The number of thiazole rings is 1. The third kappa shape index (κ3) is 4.57. The summed E-state index contributed by atoms with van der Waals surface area (Å²) in [6.07, 6.45) is 0. The van der Waals surface area contributed by atoms with Crippen LogP contribution in [0.4, 0.5) is 0 Å². The molecule has 0 spiro atoms. The molecule has 180 valence electrons. The van der Waals surface area contributed by atoms with E-state index in [2.05, 4.69) is 5.32 Å². The second kappa shape index (κ2) is 10.1. The summed E-state index contributed by atoms with van der Waals surface area (Å²) < 4.78 is 15.6. The van der Waals surface area contributed by atoms with E-state index in [1.807, 2.05) is 53.9 Å². The summed E-state index contributed by atoms with van der Waals surface area (Å²) in [5, 5.41) is 5.92. The van der Waals surface area contributed by atoms with Crippen LogP contribution >= 0.6 is 11.3 Å². The third-order valence-corrected chi connectivity index (χ3v) is 6.82. The number of esters is 2. The Morgan fingerprint density at radius 3 is 2.20 bits per heavy atom. The number of dihydropyridines is 1. The number of ether oxygens (including phenoxy) is 3. The largest absolute Gasteiger partial charge is 0.496 e. The summed E-state index contributed by atoms with van der Waals surface area (Å²) in [5.74, 6) is -0.914. The quantitative estimate of drug-likeness (QED) is 0.483. The first-order valence-corrected chi connectivity index (χ1v) is 11.8. The molecule has 0 fully saturated rings. The minimum absolute atomic E-state index is 0.365. The van der Waals surface area contributed by atoms with Crippen LogP contribution in [0.2, 0.25) is 0 Å². The monoisotopic (exact) mass is 490 g/mol. The second-order valence-electron chi connectivity index (χ2n) is 7.98. The van der Waals surface area contributed by atoms with Crippen LogP contribution in [0.1, 0.15) is 25.3 Å². The Morgan fingerprint density at radius 1 is 0.914 bits per heavy atom. The normalized spacial score (nSPS) is 14.0. The van der Waals surface area contributed by atoms with Gasteiger partial charge in [-0.25, -0.2) is 14.6 Å². The van der Waals surface area contributed by atoms with Gasteiger partial charge in [0.15, 0.2) is 0 Å². The van der Waals surface area contributed by atoms with Gasteiger partial charge < -0.3 is 19.5 Å². The van der Waals surface area contributed by atoms with Crippen molar-refractivity contribution in [3.63, 3.8) is 0 Å². The zero-order valence-electron chi connectivity index (χ0n) is 20.2. The number of nitrogens with one attached hydrogen (secondary N) is 1. The van der Waals surface area contributed by atoms with Crippen LogP contribution in [0.25, 0.3) is 21.8 Å². The molecule has 0 radical (unpaired) electrons. The summed E-state index contributed by atoms with van der Waals surface area (Å²) in [6.45, 7) is 3.59. The summed E-state index contributed by atoms with van der Waals surface area (Å²) in [6, 6.07) is 15.4. The molecule has 0 saturated heterocycles. The Bertz CT molecular complexity index is 1320. The fourth-order valence-corrected chi connectivity index (χ4v) is 5.14. The number of allylic oxidation sites excluding steroid dienone is 2. The zero-order chi connectivity index (χ0) is 25.1. The predicted molar refractivity (Wildman–Crippen MR) is 135 cm³/mol. The minimum Gasteiger partial charge on any atom is -0.496 e. The predicted octanol–water partition coefficient (Wildman–Crippen LogP) is 5.07. The fourth-order valence-electron chi connectivity index (χ4n) is 4.33. The molecule has 2 heterocycles. The van der Waals surface area contributed by atoms with Gasteiger partial charge in [-0.05, 0) is 37.6 Å². The maximum Gasteiger partial charge on any atom is 0.336 e. The van der Waals surface area contributed by atoms with Crippen LogP contribution in [-0.2, 0) is 19.1 Å². The molecule has 35 heavy (non-hydrogen) atoms. The average Bonchev–Trinajstić information content (AvgIpc) is 3.37. The van der Waals surface area contributed by atoms with Crippen molar-refractivity contribution >= 4 is 23.3 Å². The Morgan fingerprint density at radius 2 is 1.57 bits per heavy atom. The van der Waals surface area contributed by atoms with Crippen LogP contribution in [0.3, 0.4) is 0 Å². The molecule has 3 aromatic rings. The summed E-state index contributed by atoms with van der Waals surface area (Å²) >= 11 is 1.51. The van der Waals surface area contributed by atoms with Gasteiger partial charge in [0.05, 0.1) is 44.1 Å². The molecule has 1 N–H and O–H groups in total. The van der Waals surface area contributed by atoms with E-state index in [-0.39, 0.29) is 0 Å². The summed E-state index contributed by atoms with van der Waals surface area (Å²) in [4.78, 5) is 30.4. The minimum atomic E-state index is -0.648. The highest BCUT2D eigenvalue weighted by Crippen LogP contribution is 2.41. The van der Waals surface area contributed by atoms with E-state index in [4.69, 9.17) is 19.2 Å². The molecule has 0 unspecified atom stereocenters. The number of nitrogens with zero attached hydrogens (tertiary/aromatic N) is 1. The number of para-hydroxylation sites is 1. The first-order chi connectivity index (χ1) is 16.9. The van der Waals surface area contributed by atoms with E-state index in [0.29, 0.717) is 22.5 Å². The van der Waals surface area contributed by atoms with Gasteiger partial charge in [-0.15, -0.1) is 11.3 Å². The number of carbonyl (C=O) groups is 2. The first kappa shape index (κ1) is 24.2. The van der Waals surface area contributed by atoms with Crippen LogP contribution < -0.4 is 10.1 Å². The number of benzene rings is 2. The van der Waals surface area contributed by atoms with Crippen molar-refractivity contribution < 1.29 is 23.8 Å². The number of rotatable bonds is 6. The summed E-state index contributed by atoms with van der Waals surface area (Å²) in [5.41, 5.74) is 5.34. The lowest BCUT2D eigenvalue weighted by atomic mass is 9.80. The van der Waals surface area contributed by atoms with Crippen LogP contribution in [-0.4, -0.2) is 38.3 Å². The molecule has 0 bridgehead atoms. The standard InChI is InChI=1S/C27H26N2O5S/c1-15-22(26(30)33-4)24(23(16(2)28-15)27(31)34-5)17-9-8-10-18(13-17)25-29-20(14-35-25)19-11-6-7-12-21(19)32-3/h6-14,24,28H,1-5H3. The van der Waals surface area contributed by atoms with Crippen LogP contribution in [0, 0.1) is 0 Å². The first-order valence-electron chi connectivity index (χ1n) is 10.9. The molecule has 0 saturated carbocycles. The summed E-state index contributed by atoms with van der Waals surface area (Å²) in [7, 11) is 4.29. The number of carbonyl (C=O) groups excluding carboxylic acids is 2. The molecule has 4 rings (SSSR count). The highest BCUT2D eigenvalue weighted by Gasteiger charge is 2.37. The molecule has 1 aromatic heterocycles. The van der Waals surface area contributed by atoms with Gasteiger partial charge in [0.25, 0.3) is 0 Å². The molecule has 2 aromatic carbocycles. The number of aromatic nitrogens is 1. The molecule has 0 amide bonds. The molecular weight excluding hydrogens is 464 g/mol. The molecule has 0 atom stereocenters. The Hall–Kier alpha value is -3.91. The van der Waals surface area contributed by atoms with Gasteiger partial charge >= 0.3 is 11.9 Å². The van der Waals surface area contributed by atoms with E-state index in [1.165, 1.54) is 25.6 Å². The third-order valence-electron chi connectivity index (χ3n) is 5.93. The van der Waals surface area contributed by atoms with E-state index in [9.17, 15) is 9.59 Å². The molecule has 1 aliphatic heterocycles. The molecule has 0 aliphatic carbocycles. The van der Waals surface area contributed by atoms with Crippen LogP contribution in [0.5, 0.6) is 5.75 Å². The second-order valence-corrected chi connectivity index (χ2v) is 8.84. The van der Waals surface area contributed by atoms with Crippen molar-refractivity contribution in [2.45, 2.75) is 19.8 Å². The topological polar surface area (TPSA) is 86.8 Å². The van der Waals surface area contributed by atoms with Crippen molar-refractivity contribution in [1.82, 2.24) is 10.3 Å². The van der Waals surface area contributed by atoms with Crippen molar-refractivity contribution in [1.29, 1.82) is 0 Å². The van der Waals surface area contributed by atoms with Gasteiger partial charge in [0.2, 0.25) is 0 Å². The van der Waals surface area contributed by atoms with Crippen molar-refractivity contribution in [2.24, 2.45) is 0 Å². The van der Waals surface area contributed by atoms with Crippen molar-refractivity contribution in [2.75, 3.05) is 21.3 Å². The van der Waals surface area contributed by atoms with E-state index in [0.717, 1.165) is 33.1 Å². The van der Waals surface area contributed by atoms with E-state index >= 15 is 0 Å². The lowest BCUT2D eigenvalue weighted by molar-refractivity contribution is -0.137. The highest BCUT2D eigenvalue weighted by atomic mass is 32.1. The van der Waals surface area contributed by atoms with Gasteiger partial charge in [-0.1, -0.05) is 30.3 Å². The maximum absolute atomic E-state index is 12.8. The lowest BCUT2D eigenvalue weighted by Crippen LogP contribution is -2.32.